The molecular formula is C17H24BrNO. The molecule has 0 N–H and O–H groups in total. The minimum Gasteiger partial charge on any atom is -0.309 e. The summed E-state index contributed by atoms with van der Waals surface area (Å²) in [6.45, 7) is 6.44. The second kappa shape index (κ2) is 6.75. The molecule has 3 heteroatoms. The molecule has 2 unspecified atom stereocenters. The normalized spacial score (nSPS) is 19.0. The van der Waals surface area contributed by atoms with Gasteiger partial charge in [-0.1, -0.05) is 48.3 Å². The van der Waals surface area contributed by atoms with Gasteiger partial charge in [0, 0.05) is 23.0 Å². The molecule has 110 valence electrons. The molecule has 20 heavy (non-hydrogen) atoms. The third-order valence-electron chi connectivity index (χ3n) is 3.89. The van der Waals surface area contributed by atoms with E-state index < -0.39 is 0 Å². The highest BCUT2D eigenvalue weighted by molar-refractivity contribution is 9.09. The molecule has 0 radical (unpaired) electrons. The van der Waals surface area contributed by atoms with Crippen molar-refractivity contribution in [2.24, 2.45) is 0 Å². The van der Waals surface area contributed by atoms with Gasteiger partial charge in [0.1, 0.15) is 0 Å². The monoisotopic (exact) mass is 337 g/mol. The van der Waals surface area contributed by atoms with Crippen LogP contribution in [0.15, 0.2) is 18.2 Å². The fraction of sp³-hybridized carbons (Fsp3) is 0.588. The van der Waals surface area contributed by atoms with E-state index in [-0.39, 0.29) is 5.91 Å². The predicted octanol–water partition coefficient (Wildman–Crippen LogP) is 4.48. The summed E-state index contributed by atoms with van der Waals surface area (Å²) in [5.74, 6) is 0.278. The summed E-state index contributed by atoms with van der Waals surface area (Å²) in [4.78, 5) is 14.9. The van der Waals surface area contributed by atoms with E-state index in [1.54, 1.807) is 0 Å². The standard InChI is InChI=1S/C17H24BrNO/c1-4-5-6-17(20)19-13(3)10-15-11-14(9-12(2)18)7-8-16(15)19/h7-8,11-13H,4-6,9-10H2,1-3H3. The highest BCUT2D eigenvalue weighted by Crippen LogP contribution is 2.34. The van der Waals surface area contributed by atoms with Crippen LogP contribution in [0.3, 0.4) is 0 Å². The van der Waals surface area contributed by atoms with Crippen molar-refractivity contribution in [3.63, 3.8) is 0 Å². The SMILES string of the molecule is CCCCC(=O)N1c2ccc(CC(C)Br)cc2CC1C. The summed E-state index contributed by atoms with van der Waals surface area (Å²) in [5.41, 5.74) is 3.81. The highest BCUT2D eigenvalue weighted by Gasteiger charge is 2.30. The number of anilines is 1. The Balaban J connectivity index is 2.18. The van der Waals surface area contributed by atoms with E-state index >= 15 is 0 Å². The molecule has 0 bridgehead atoms. The molecule has 0 aromatic heterocycles. The van der Waals surface area contributed by atoms with Crippen LogP contribution in [0.5, 0.6) is 0 Å². The molecule has 0 spiro atoms. The first-order chi connectivity index (χ1) is 9.52. The molecule has 2 rings (SSSR count). The van der Waals surface area contributed by atoms with Crippen molar-refractivity contribution in [2.45, 2.75) is 63.7 Å². The van der Waals surface area contributed by atoms with Gasteiger partial charge in [0.15, 0.2) is 0 Å². The minimum atomic E-state index is 0.278. The zero-order chi connectivity index (χ0) is 14.7. The quantitative estimate of drug-likeness (QED) is 0.725. The van der Waals surface area contributed by atoms with Crippen molar-refractivity contribution in [1.82, 2.24) is 0 Å². The zero-order valence-electron chi connectivity index (χ0n) is 12.7. The first-order valence-electron chi connectivity index (χ1n) is 7.60. The number of carbonyl (C=O) groups excluding carboxylic acids is 1. The van der Waals surface area contributed by atoms with Gasteiger partial charge in [-0.05, 0) is 43.4 Å². The van der Waals surface area contributed by atoms with Crippen LogP contribution in [-0.2, 0) is 17.6 Å². The number of carbonyl (C=O) groups is 1. The van der Waals surface area contributed by atoms with Gasteiger partial charge < -0.3 is 4.90 Å². The fourth-order valence-corrected chi connectivity index (χ4v) is 3.34. The summed E-state index contributed by atoms with van der Waals surface area (Å²) >= 11 is 3.60. The molecule has 0 saturated heterocycles. The summed E-state index contributed by atoms with van der Waals surface area (Å²) in [6, 6.07) is 6.87. The second-order valence-electron chi connectivity index (χ2n) is 5.87. The van der Waals surface area contributed by atoms with E-state index in [0.717, 1.165) is 31.4 Å². The van der Waals surface area contributed by atoms with Gasteiger partial charge in [0.05, 0.1) is 0 Å². The summed E-state index contributed by atoms with van der Waals surface area (Å²) in [7, 11) is 0. The Morgan fingerprint density at radius 1 is 1.50 bits per heavy atom. The van der Waals surface area contributed by atoms with E-state index in [1.807, 2.05) is 4.90 Å². The Bertz CT molecular complexity index is 484. The van der Waals surface area contributed by atoms with Crippen molar-refractivity contribution < 1.29 is 4.79 Å². The molecule has 1 heterocycles. The third-order valence-corrected chi connectivity index (χ3v) is 4.21. The van der Waals surface area contributed by atoms with Gasteiger partial charge in [-0.15, -0.1) is 0 Å². The molecule has 0 fully saturated rings. The molecule has 0 aliphatic carbocycles. The van der Waals surface area contributed by atoms with Crippen molar-refractivity contribution in [3.05, 3.63) is 29.3 Å². The van der Waals surface area contributed by atoms with E-state index in [0.29, 0.717) is 17.3 Å². The average Bonchev–Trinajstić information content (AvgIpc) is 2.70. The van der Waals surface area contributed by atoms with Crippen LogP contribution in [0.4, 0.5) is 5.69 Å². The number of amides is 1. The maximum absolute atomic E-state index is 12.4. The van der Waals surface area contributed by atoms with Crippen molar-refractivity contribution in [1.29, 1.82) is 0 Å². The van der Waals surface area contributed by atoms with Crippen LogP contribution in [0.25, 0.3) is 0 Å². The van der Waals surface area contributed by atoms with Gasteiger partial charge in [0.25, 0.3) is 0 Å². The first-order valence-corrected chi connectivity index (χ1v) is 8.52. The van der Waals surface area contributed by atoms with Crippen LogP contribution < -0.4 is 4.90 Å². The Morgan fingerprint density at radius 2 is 2.25 bits per heavy atom. The van der Waals surface area contributed by atoms with Crippen LogP contribution >= 0.6 is 15.9 Å². The number of fused-ring (bicyclic) bond motifs is 1. The van der Waals surface area contributed by atoms with Crippen molar-refractivity contribution in [2.75, 3.05) is 4.90 Å². The lowest BCUT2D eigenvalue weighted by atomic mass is 10.0. The van der Waals surface area contributed by atoms with E-state index in [2.05, 4.69) is 54.9 Å². The number of hydrogen-bond acceptors (Lipinski definition) is 1. The zero-order valence-corrected chi connectivity index (χ0v) is 14.2. The average molecular weight is 338 g/mol. The van der Waals surface area contributed by atoms with Gasteiger partial charge in [-0.3, -0.25) is 4.79 Å². The molecule has 2 nitrogen and oxygen atoms in total. The van der Waals surface area contributed by atoms with Gasteiger partial charge >= 0.3 is 0 Å². The van der Waals surface area contributed by atoms with Crippen LogP contribution in [0.1, 0.15) is 51.2 Å². The number of alkyl halides is 1. The maximum atomic E-state index is 12.4. The van der Waals surface area contributed by atoms with Crippen molar-refractivity contribution in [3.8, 4) is 0 Å². The molecule has 1 aliphatic rings. The van der Waals surface area contributed by atoms with Crippen molar-refractivity contribution >= 4 is 27.5 Å². The van der Waals surface area contributed by atoms with Gasteiger partial charge in [-0.2, -0.15) is 0 Å². The molecule has 1 aliphatic heterocycles. The largest absolute Gasteiger partial charge is 0.309 e. The number of hydrogen-bond donors (Lipinski definition) is 0. The highest BCUT2D eigenvalue weighted by atomic mass is 79.9. The topological polar surface area (TPSA) is 20.3 Å². The Kier molecular flexibility index (Phi) is 5.25. The van der Waals surface area contributed by atoms with E-state index in [9.17, 15) is 4.79 Å². The molecule has 1 aromatic rings. The smallest absolute Gasteiger partial charge is 0.227 e. The lowest BCUT2D eigenvalue weighted by molar-refractivity contribution is -0.119. The van der Waals surface area contributed by atoms with E-state index in [4.69, 9.17) is 0 Å². The number of benzene rings is 1. The number of rotatable bonds is 5. The summed E-state index contributed by atoms with van der Waals surface area (Å²) < 4.78 is 0. The number of halogens is 1. The van der Waals surface area contributed by atoms with Gasteiger partial charge in [0.2, 0.25) is 5.91 Å². The second-order valence-corrected chi connectivity index (χ2v) is 7.43. The number of unbranched alkanes of at least 4 members (excludes halogenated alkanes) is 1. The molecule has 0 saturated carbocycles. The third kappa shape index (κ3) is 3.43. The van der Waals surface area contributed by atoms with Crippen LogP contribution in [-0.4, -0.2) is 16.8 Å². The molecule has 2 atom stereocenters. The van der Waals surface area contributed by atoms with Gasteiger partial charge in [-0.25, -0.2) is 0 Å². The summed E-state index contributed by atoms with van der Waals surface area (Å²) in [5, 5.41) is 0. The van der Waals surface area contributed by atoms with Crippen LogP contribution in [0.2, 0.25) is 0 Å². The maximum Gasteiger partial charge on any atom is 0.227 e. The minimum absolute atomic E-state index is 0.278. The Hall–Kier alpha value is -0.830. The molecule has 1 amide bonds. The van der Waals surface area contributed by atoms with Crippen LogP contribution in [0, 0.1) is 0 Å². The predicted molar refractivity (Wildman–Crippen MR) is 88.7 cm³/mol. The Labute approximate surface area is 130 Å². The summed E-state index contributed by atoms with van der Waals surface area (Å²) in [6.07, 6.45) is 4.74. The molecule has 1 aromatic carbocycles. The first kappa shape index (κ1) is 15.6. The van der Waals surface area contributed by atoms with E-state index in [1.165, 1.54) is 11.1 Å². The number of nitrogens with zero attached hydrogens (tertiary/aromatic N) is 1. The lowest BCUT2D eigenvalue weighted by Gasteiger charge is -2.22. The lowest BCUT2D eigenvalue weighted by Crippen LogP contribution is -2.35. The fourth-order valence-electron chi connectivity index (χ4n) is 2.96. The Morgan fingerprint density at radius 3 is 2.90 bits per heavy atom. The molecular weight excluding hydrogens is 314 g/mol.